The van der Waals surface area contributed by atoms with E-state index < -0.39 is 15.6 Å². The van der Waals surface area contributed by atoms with Gasteiger partial charge < -0.3 is 0 Å². The third-order valence-corrected chi connectivity index (χ3v) is 3.78. The molecule has 0 bridgehead atoms. The lowest BCUT2D eigenvalue weighted by Gasteiger charge is -2.05. The molecular formula is C12H16O3S. The number of benzene rings is 1. The minimum atomic E-state index is -3.45. The zero-order valence-corrected chi connectivity index (χ0v) is 10.3. The summed E-state index contributed by atoms with van der Waals surface area (Å²) < 4.78 is 23.6. The van der Waals surface area contributed by atoms with Crippen LogP contribution in [0, 0.1) is 5.92 Å². The molecule has 0 amide bonds. The minimum absolute atomic E-state index is 0.193. The molecule has 1 rings (SSSR count). The van der Waals surface area contributed by atoms with Crippen LogP contribution in [0.3, 0.4) is 0 Å². The number of ketones is 1. The summed E-state index contributed by atoms with van der Waals surface area (Å²) in [6.07, 6.45) is 0.312. The molecule has 0 N–H and O–H groups in total. The molecule has 0 atom stereocenters. The van der Waals surface area contributed by atoms with Gasteiger partial charge in [-0.3, -0.25) is 4.79 Å². The van der Waals surface area contributed by atoms with Crippen molar-refractivity contribution in [1.82, 2.24) is 0 Å². The van der Waals surface area contributed by atoms with Gasteiger partial charge in [0.1, 0.15) is 11.5 Å². The molecule has 0 saturated heterocycles. The molecule has 0 unspecified atom stereocenters. The summed E-state index contributed by atoms with van der Waals surface area (Å²) in [5, 5.41) is 0. The highest BCUT2D eigenvalue weighted by Crippen LogP contribution is 2.12. The Morgan fingerprint density at radius 1 is 1.19 bits per heavy atom. The van der Waals surface area contributed by atoms with Gasteiger partial charge in [-0.05, 0) is 18.1 Å². The van der Waals surface area contributed by atoms with E-state index in [1.54, 1.807) is 18.2 Å². The first kappa shape index (κ1) is 12.9. The molecule has 1 aromatic rings. The second-order valence-corrected chi connectivity index (χ2v) is 6.20. The monoisotopic (exact) mass is 240 g/mol. The zero-order valence-electron chi connectivity index (χ0n) is 9.51. The van der Waals surface area contributed by atoms with Gasteiger partial charge in [0, 0.05) is 6.42 Å². The summed E-state index contributed by atoms with van der Waals surface area (Å²) in [5.41, 5.74) is 0. The first-order valence-corrected chi connectivity index (χ1v) is 6.86. The fraction of sp³-hybridized carbons (Fsp3) is 0.417. The molecule has 0 radical (unpaired) electrons. The molecular weight excluding hydrogens is 224 g/mol. The van der Waals surface area contributed by atoms with Crippen LogP contribution in [-0.4, -0.2) is 20.0 Å². The van der Waals surface area contributed by atoms with Gasteiger partial charge in [0.25, 0.3) is 0 Å². The summed E-state index contributed by atoms with van der Waals surface area (Å²) in [6, 6.07) is 8.07. The second kappa shape index (κ2) is 5.25. The Morgan fingerprint density at radius 2 is 1.75 bits per heavy atom. The Kier molecular flexibility index (Phi) is 4.24. The average Bonchev–Trinajstić information content (AvgIpc) is 2.16. The van der Waals surface area contributed by atoms with Crippen molar-refractivity contribution in [3.63, 3.8) is 0 Å². The van der Waals surface area contributed by atoms with E-state index in [4.69, 9.17) is 0 Å². The van der Waals surface area contributed by atoms with Crippen molar-refractivity contribution >= 4 is 15.6 Å². The van der Waals surface area contributed by atoms with E-state index in [0.717, 1.165) is 0 Å². The van der Waals surface area contributed by atoms with Gasteiger partial charge in [-0.1, -0.05) is 32.0 Å². The van der Waals surface area contributed by atoms with Crippen molar-refractivity contribution in [3.8, 4) is 0 Å². The van der Waals surface area contributed by atoms with E-state index in [2.05, 4.69) is 0 Å². The highest BCUT2D eigenvalue weighted by atomic mass is 32.2. The lowest BCUT2D eigenvalue weighted by molar-refractivity contribution is -0.117. The topological polar surface area (TPSA) is 51.2 Å². The smallest absolute Gasteiger partial charge is 0.185 e. The largest absolute Gasteiger partial charge is 0.299 e. The molecule has 0 saturated carbocycles. The van der Waals surface area contributed by atoms with E-state index in [-0.39, 0.29) is 16.6 Å². The highest BCUT2D eigenvalue weighted by molar-refractivity contribution is 7.92. The molecule has 0 aromatic heterocycles. The predicted octanol–water partition coefficient (Wildman–Crippen LogP) is 2.08. The van der Waals surface area contributed by atoms with Gasteiger partial charge in [-0.2, -0.15) is 0 Å². The number of carbonyl (C=O) groups excluding carboxylic acids is 1. The Bertz CT molecular complexity index is 446. The van der Waals surface area contributed by atoms with Crippen LogP contribution >= 0.6 is 0 Å². The molecule has 0 fully saturated rings. The maximum absolute atomic E-state index is 11.8. The lowest BCUT2D eigenvalue weighted by Crippen LogP contribution is -2.17. The molecule has 0 spiro atoms. The van der Waals surface area contributed by atoms with Crippen molar-refractivity contribution in [3.05, 3.63) is 30.3 Å². The van der Waals surface area contributed by atoms with E-state index in [0.29, 0.717) is 6.42 Å². The van der Waals surface area contributed by atoms with E-state index in [1.165, 1.54) is 12.1 Å². The number of Topliss-reactive ketones (excluding diaryl/α,β-unsaturated/α-hetero) is 1. The SMILES string of the molecule is CC(C)CC(=O)CS(=O)(=O)c1ccccc1. The molecule has 0 heterocycles. The number of hydrogen-bond acceptors (Lipinski definition) is 3. The molecule has 4 heteroatoms. The van der Waals surface area contributed by atoms with Gasteiger partial charge >= 0.3 is 0 Å². The Balaban J connectivity index is 2.78. The molecule has 0 aliphatic rings. The Labute approximate surface area is 96.4 Å². The van der Waals surface area contributed by atoms with E-state index in [9.17, 15) is 13.2 Å². The van der Waals surface area contributed by atoms with Gasteiger partial charge in [0.05, 0.1) is 4.90 Å². The van der Waals surface area contributed by atoms with Crippen LogP contribution < -0.4 is 0 Å². The summed E-state index contributed by atoms with van der Waals surface area (Å²) in [6.45, 7) is 3.79. The van der Waals surface area contributed by atoms with Crippen LogP contribution in [0.4, 0.5) is 0 Å². The molecule has 0 aliphatic carbocycles. The third kappa shape index (κ3) is 3.77. The molecule has 1 aromatic carbocycles. The minimum Gasteiger partial charge on any atom is -0.299 e. The van der Waals surface area contributed by atoms with Crippen LogP contribution in [0.2, 0.25) is 0 Å². The normalized spacial score (nSPS) is 11.7. The standard InChI is InChI=1S/C12H16O3S/c1-10(2)8-11(13)9-16(14,15)12-6-4-3-5-7-12/h3-7,10H,8-9H2,1-2H3. The van der Waals surface area contributed by atoms with Crippen molar-refractivity contribution in [2.75, 3.05) is 5.75 Å². The van der Waals surface area contributed by atoms with E-state index in [1.807, 2.05) is 13.8 Å². The molecule has 3 nitrogen and oxygen atoms in total. The number of hydrogen-bond donors (Lipinski definition) is 0. The van der Waals surface area contributed by atoms with Gasteiger partial charge in [0.15, 0.2) is 9.84 Å². The predicted molar refractivity (Wildman–Crippen MR) is 63.0 cm³/mol. The van der Waals surface area contributed by atoms with Crippen LogP contribution in [0.25, 0.3) is 0 Å². The van der Waals surface area contributed by atoms with Crippen molar-refractivity contribution < 1.29 is 13.2 Å². The first-order valence-electron chi connectivity index (χ1n) is 5.21. The maximum atomic E-state index is 11.8. The van der Waals surface area contributed by atoms with Crippen LogP contribution in [0.1, 0.15) is 20.3 Å². The van der Waals surface area contributed by atoms with Gasteiger partial charge in [0.2, 0.25) is 0 Å². The summed E-state index contributed by atoms with van der Waals surface area (Å²) in [4.78, 5) is 11.7. The fourth-order valence-corrected chi connectivity index (χ4v) is 2.72. The average molecular weight is 240 g/mol. The first-order chi connectivity index (χ1) is 7.42. The van der Waals surface area contributed by atoms with Crippen LogP contribution in [-0.2, 0) is 14.6 Å². The number of carbonyl (C=O) groups is 1. The highest BCUT2D eigenvalue weighted by Gasteiger charge is 2.19. The maximum Gasteiger partial charge on any atom is 0.185 e. The Morgan fingerprint density at radius 3 is 2.25 bits per heavy atom. The van der Waals surface area contributed by atoms with Crippen molar-refractivity contribution in [2.24, 2.45) is 5.92 Å². The second-order valence-electron chi connectivity index (χ2n) is 4.21. The number of rotatable bonds is 5. The quantitative estimate of drug-likeness (QED) is 0.791. The van der Waals surface area contributed by atoms with E-state index >= 15 is 0 Å². The van der Waals surface area contributed by atoms with Crippen molar-refractivity contribution in [2.45, 2.75) is 25.2 Å². The Hall–Kier alpha value is -1.16. The number of sulfone groups is 1. The molecule has 0 aliphatic heterocycles. The van der Waals surface area contributed by atoms with Gasteiger partial charge in [-0.15, -0.1) is 0 Å². The molecule has 88 valence electrons. The van der Waals surface area contributed by atoms with Crippen LogP contribution in [0.5, 0.6) is 0 Å². The third-order valence-electron chi connectivity index (χ3n) is 2.09. The summed E-state index contributed by atoms with van der Waals surface area (Å²) >= 11 is 0. The summed E-state index contributed by atoms with van der Waals surface area (Å²) in [7, 11) is -3.45. The van der Waals surface area contributed by atoms with Crippen molar-refractivity contribution in [1.29, 1.82) is 0 Å². The van der Waals surface area contributed by atoms with Crippen LogP contribution in [0.15, 0.2) is 35.2 Å². The van der Waals surface area contributed by atoms with Gasteiger partial charge in [-0.25, -0.2) is 8.42 Å². The summed E-state index contributed by atoms with van der Waals surface area (Å²) in [5.74, 6) is -0.424. The molecule has 16 heavy (non-hydrogen) atoms. The fourth-order valence-electron chi connectivity index (χ4n) is 1.44. The zero-order chi connectivity index (χ0) is 12.2. The lowest BCUT2D eigenvalue weighted by atomic mass is 10.1.